The Morgan fingerprint density at radius 2 is 1.62 bits per heavy atom. The molecule has 142 valence electrons. The Bertz CT molecular complexity index is 333. The molecule has 0 aromatic rings. The monoisotopic (exact) mass is 344 g/mol. The number of ether oxygens (including phenoxy) is 1. The smallest absolute Gasteiger partial charge is 0.407 e. The van der Waals surface area contributed by atoms with E-state index in [4.69, 9.17) is 9.84 Å². The highest BCUT2D eigenvalue weighted by Crippen LogP contribution is 2.11. The quantitative estimate of drug-likeness (QED) is 0.443. The highest BCUT2D eigenvalue weighted by Gasteiger charge is 2.21. The molecule has 2 N–H and O–H groups in total. The summed E-state index contributed by atoms with van der Waals surface area (Å²) in [6.45, 7) is 9.75. The van der Waals surface area contributed by atoms with Crippen molar-refractivity contribution in [2.45, 2.75) is 78.2 Å². The van der Waals surface area contributed by atoms with Crippen LogP contribution in [0.1, 0.15) is 72.1 Å². The van der Waals surface area contributed by atoms with Gasteiger partial charge < -0.3 is 20.1 Å². The molecule has 0 saturated carbocycles. The minimum Gasteiger partial charge on any atom is -0.479 e. The van der Waals surface area contributed by atoms with Gasteiger partial charge in [-0.3, -0.25) is 0 Å². The number of nitrogens with zero attached hydrogens (tertiary/aromatic N) is 1. The highest BCUT2D eigenvalue weighted by molar-refractivity contribution is 5.77. The van der Waals surface area contributed by atoms with Crippen molar-refractivity contribution >= 4 is 12.1 Å². The number of hydrogen-bond acceptors (Lipinski definition) is 4. The second-order valence-electron chi connectivity index (χ2n) is 6.10. The molecule has 6 nitrogen and oxygen atoms in total. The molecule has 1 unspecified atom stereocenters. The van der Waals surface area contributed by atoms with E-state index in [1.165, 1.54) is 19.3 Å². The molecule has 0 aliphatic heterocycles. The summed E-state index contributed by atoms with van der Waals surface area (Å²) < 4.78 is 5.04. The van der Waals surface area contributed by atoms with E-state index in [1.807, 2.05) is 0 Å². The van der Waals surface area contributed by atoms with E-state index < -0.39 is 18.2 Å². The van der Waals surface area contributed by atoms with Crippen LogP contribution in [0.15, 0.2) is 0 Å². The molecule has 0 bridgehead atoms. The first-order chi connectivity index (χ1) is 11.5. The summed E-state index contributed by atoms with van der Waals surface area (Å²) in [7, 11) is 0. The highest BCUT2D eigenvalue weighted by atomic mass is 16.6. The standard InChI is InChI=1S/C18H36N2O4/c1-4-7-8-9-10-11-13-16(17(21)22)24-18(23)19-14-12-15-20(5-2)6-3/h16H,4-15H2,1-3H3,(H,19,23)(H,21,22). The van der Waals surface area contributed by atoms with Gasteiger partial charge in [0.25, 0.3) is 0 Å². The Morgan fingerprint density at radius 1 is 1.00 bits per heavy atom. The first kappa shape index (κ1) is 22.7. The Hall–Kier alpha value is -1.30. The van der Waals surface area contributed by atoms with E-state index in [2.05, 4.69) is 31.0 Å². The van der Waals surface area contributed by atoms with Crippen LogP contribution in [0.2, 0.25) is 0 Å². The number of rotatable bonds is 15. The van der Waals surface area contributed by atoms with Crippen LogP contribution >= 0.6 is 0 Å². The molecule has 0 rings (SSSR count). The molecule has 0 aromatic heterocycles. The van der Waals surface area contributed by atoms with Gasteiger partial charge in [-0.1, -0.05) is 52.9 Å². The van der Waals surface area contributed by atoms with Crippen molar-refractivity contribution in [2.75, 3.05) is 26.2 Å². The first-order valence-electron chi connectivity index (χ1n) is 9.44. The van der Waals surface area contributed by atoms with Crippen molar-refractivity contribution in [1.82, 2.24) is 10.2 Å². The predicted octanol–water partition coefficient (Wildman–Crippen LogP) is 3.65. The van der Waals surface area contributed by atoms with Gasteiger partial charge in [-0.15, -0.1) is 0 Å². The van der Waals surface area contributed by atoms with Crippen molar-refractivity contribution in [3.63, 3.8) is 0 Å². The van der Waals surface area contributed by atoms with Gasteiger partial charge in [0.2, 0.25) is 6.10 Å². The molecule has 6 heteroatoms. The zero-order chi connectivity index (χ0) is 18.2. The van der Waals surface area contributed by atoms with Gasteiger partial charge in [-0.2, -0.15) is 0 Å². The fourth-order valence-corrected chi connectivity index (χ4v) is 2.55. The van der Waals surface area contributed by atoms with Gasteiger partial charge in [0.15, 0.2) is 0 Å². The maximum absolute atomic E-state index is 11.7. The molecule has 0 aromatic carbocycles. The maximum atomic E-state index is 11.7. The van der Waals surface area contributed by atoms with Crippen LogP contribution in [0.4, 0.5) is 4.79 Å². The molecule has 0 spiro atoms. The van der Waals surface area contributed by atoms with Crippen LogP contribution in [-0.2, 0) is 9.53 Å². The van der Waals surface area contributed by atoms with E-state index in [0.717, 1.165) is 45.3 Å². The fourth-order valence-electron chi connectivity index (χ4n) is 2.55. The number of alkyl carbamates (subject to hydrolysis) is 1. The van der Waals surface area contributed by atoms with Crippen molar-refractivity contribution < 1.29 is 19.4 Å². The molecule has 0 aliphatic rings. The summed E-state index contributed by atoms with van der Waals surface area (Å²) in [6, 6.07) is 0. The molecular weight excluding hydrogens is 308 g/mol. The first-order valence-corrected chi connectivity index (χ1v) is 9.44. The number of carbonyl (C=O) groups excluding carboxylic acids is 1. The Kier molecular flexibility index (Phi) is 14.4. The van der Waals surface area contributed by atoms with Crippen molar-refractivity contribution in [1.29, 1.82) is 0 Å². The number of aliphatic carboxylic acids is 1. The summed E-state index contributed by atoms with van der Waals surface area (Å²) in [5.74, 6) is -1.07. The van der Waals surface area contributed by atoms with E-state index >= 15 is 0 Å². The third kappa shape index (κ3) is 12.2. The molecule has 24 heavy (non-hydrogen) atoms. The van der Waals surface area contributed by atoms with Gasteiger partial charge >= 0.3 is 12.1 Å². The third-order valence-corrected chi connectivity index (χ3v) is 4.16. The zero-order valence-corrected chi connectivity index (χ0v) is 15.7. The normalized spacial score (nSPS) is 12.2. The molecule has 0 radical (unpaired) electrons. The summed E-state index contributed by atoms with van der Waals surface area (Å²) in [5.41, 5.74) is 0. The van der Waals surface area contributed by atoms with Crippen molar-refractivity contribution in [3.8, 4) is 0 Å². The topological polar surface area (TPSA) is 78.9 Å². The van der Waals surface area contributed by atoms with E-state index in [-0.39, 0.29) is 0 Å². The fraction of sp³-hybridized carbons (Fsp3) is 0.889. The maximum Gasteiger partial charge on any atom is 0.407 e. The van der Waals surface area contributed by atoms with Crippen molar-refractivity contribution in [3.05, 3.63) is 0 Å². The summed E-state index contributed by atoms with van der Waals surface area (Å²) in [5, 5.41) is 11.8. The van der Waals surface area contributed by atoms with Crippen molar-refractivity contribution in [2.24, 2.45) is 0 Å². The summed E-state index contributed by atoms with van der Waals surface area (Å²) in [6.07, 6.45) is 5.99. The van der Waals surface area contributed by atoms with Gasteiger partial charge in [0.05, 0.1) is 0 Å². The van der Waals surface area contributed by atoms with Crippen LogP contribution in [0.5, 0.6) is 0 Å². The minimum absolute atomic E-state index is 0.383. The summed E-state index contributed by atoms with van der Waals surface area (Å²) in [4.78, 5) is 25.2. The van der Waals surface area contributed by atoms with Crippen LogP contribution in [-0.4, -0.2) is 54.4 Å². The molecule has 0 saturated heterocycles. The number of hydrogen-bond donors (Lipinski definition) is 2. The molecule has 0 fully saturated rings. The number of carboxylic acid groups (broad SMARTS) is 1. The lowest BCUT2D eigenvalue weighted by molar-refractivity contribution is -0.147. The molecule has 0 aliphatic carbocycles. The van der Waals surface area contributed by atoms with E-state index in [9.17, 15) is 9.59 Å². The van der Waals surface area contributed by atoms with E-state index in [0.29, 0.717) is 13.0 Å². The predicted molar refractivity (Wildman–Crippen MR) is 96.3 cm³/mol. The third-order valence-electron chi connectivity index (χ3n) is 4.16. The number of carbonyl (C=O) groups is 2. The number of carboxylic acids is 1. The zero-order valence-electron chi connectivity index (χ0n) is 15.7. The molecule has 1 atom stereocenters. The van der Waals surface area contributed by atoms with Crippen LogP contribution in [0.3, 0.4) is 0 Å². The lowest BCUT2D eigenvalue weighted by Crippen LogP contribution is -2.35. The minimum atomic E-state index is -1.07. The SMILES string of the molecule is CCCCCCCCC(OC(=O)NCCCN(CC)CC)C(=O)O. The largest absolute Gasteiger partial charge is 0.479 e. The lowest BCUT2D eigenvalue weighted by Gasteiger charge is -2.18. The van der Waals surface area contributed by atoms with E-state index in [1.54, 1.807) is 0 Å². The second kappa shape index (κ2) is 15.2. The number of unbranched alkanes of at least 4 members (excludes halogenated alkanes) is 5. The lowest BCUT2D eigenvalue weighted by atomic mass is 10.1. The van der Waals surface area contributed by atoms with Crippen LogP contribution < -0.4 is 5.32 Å². The molecular formula is C18H36N2O4. The second-order valence-corrected chi connectivity index (χ2v) is 6.10. The molecule has 0 heterocycles. The Morgan fingerprint density at radius 3 is 2.21 bits per heavy atom. The average Bonchev–Trinajstić information content (AvgIpc) is 2.56. The van der Waals surface area contributed by atoms with Gasteiger partial charge in [-0.25, -0.2) is 9.59 Å². The summed E-state index contributed by atoms with van der Waals surface area (Å²) >= 11 is 0. The van der Waals surface area contributed by atoms with Gasteiger partial charge in [0, 0.05) is 6.54 Å². The average molecular weight is 344 g/mol. The van der Waals surface area contributed by atoms with Crippen LogP contribution in [0.25, 0.3) is 0 Å². The van der Waals surface area contributed by atoms with Gasteiger partial charge in [0.1, 0.15) is 0 Å². The number of amides is 1. The van der Waals surface area contributed by atoms with Gasteiger partial charge in [-0.05, 0) is 38.9 Å². The molecule has 1 amide bonds. The Labute approximate surface area is 146 Å². The van der Waals surface area contributed by atoms with Crippen LogP contribution in [0, 0.1) is 0 Å². The number of nitrogens with one attached hydrogen (secondary N) is 1. The Balaban J connectivity index is 3.88.